The Kier molecular flexibility index (Phi) is 5.89. The molecule has 0 radical (unpaired) electrons. The first-order valence-electron chi connectivity index (χ1n) is 8.55. The molecule has 28 heavy (non-hydrogen) atoms. The number of carbonyl (C=O) groups excluding carboxylic acids is 1. The smallest absolute Gasteiger partial charge is 0.326 e. The van der Waals surface area contributed by atoms with Crippen LogP contribution < -0.4 is 5.32 Å². The highest BCUT2D eigenvalue weighted by Gasteiger charge is 2.29. The third-order valence-corrected chi connectivity index (χ3v) is 3.95. The number of amides is 1. The summed E-state index contributed by atoms with van der Waals surface area (Å²) in [6, 6.07) is 17.5. The Morgan fingerprint density at radius 1 is 0.964 bits per heavy atom. The van der Waals surface area contributed by atoms with Crippen LogP contribution in [0.4, 0.5) is 18.9 Å². The SMILES string of the molecule is O=C(Cc1ccc(C(F)(F)F)cc1)Nc1cccc(/C=C/c2ccccn2)c1. The molecule has 0 fully saturated rings. The predicted octanol–water partition coefficient (Wildman–Crippen LogP) is 5.45. The van der Waals surface area contributed by atoms with Gasteiger partial charge in [-0.2, -0.15) is 13.2 Å². The maximum atomic E-state index is 12.6. The lowest BCUT2D eigenvalue weighted by Crippen LogP contribution is -2.14. The first-order chi connectivity index (χ1) is 13.4. The van der Waals surface area contributed by atoms with Crippen LogP contribution in [-0.4, -0.2) is 10.9 Å². The van der Waals surface area contributed by atoms with Crippen molar-refractivity contribution in [3.63, 3.8) is 0 Å². The third kappa shape index (κ3) is 5.54. The van der Waals surface area contributed by atoms with E-state index in [0.29, 0.717) is 11.3 Å². The minimum absolute atomic E-state index is 0.00780. The lowest BCUT2D eigenvalue weighted by Gasteiger charge is -2.08. The molecule has 1 aromatic heterocycles. The van der Waals surface area contributed by atoms with Crippen LogP contribution >= 0.6 is 0 Å². The zero-order valence-electron chi connectivity index (χ0n) is 14.8. The summed E-state index contributed by atoms with van der Waals surface area (Å²) >= 11 is 0. The highest BCUT2D eigenvalue weighted by molar-refractivity contribution is 5.92. The minimum Gasteiger partial charge on any atom is -0.326 e. The largest absolute Gasteiger partial charge is 0.416 e. The number of hydrogen-bond acceptors (Lipinski definition) is 2. The average Bonchev–Trinajstić information content (AvgIpc) is 2.67. The van der Waals surface area contributed by atoms with Crippen LogP contribution in [0.15, 0.2) is 72.9 Å². The standard InChI is InChI=1S/C22H17F3N2O/c23-22(24,25)18-10-7-17(8-11-18)15-21(28)27-20-6-3-4-16(14-20)9-12-19-5-1-2-13-26-19/h1-14H,15H2,(H,27,28)/b12-9+. The molecule has 1 heterocycles. The number of carbonyl (C=O) groups is 1. The zero-order valence-corrected chi connectivity index (χ0v) is 14.8. The number of anilines is 1. The van der Waals surface area contributed by atoms with E-state index in [2.05, 4.69) is 10.3 Å². The molecule has 0 atom stereocenters. The summed E-state index contributed by atoms with van der Waals surface area (Å²) < 4.78 is 37.8. The van der Waals surface area contributed by atoms with E-state index in [9.17, 15) is 18.0 Å². The van der Waals surface area contributed by atoms with Gasteiger partial charge in [-0.15, -0.1) is 0 Å². The van der Waals surface area contributed by atoms with Gasteiger partial charge < -0.3 is 5.32 Å². The fourth-order valence-electron chi connectivity index (χ4n) is 2.58. The average molecular weight is 382 g/mol. The van der Waals surface area contributed by atoms with Crippen molar-refractivity contribution in [2.24, 2.45) is 0 Å². The lowest BCUT2D eigenvalue weighted by atomic mass is 10.1. The molecule has 1 amide bonds. The Labute approximate surface area is 160 Å². The van der Waals surface area contributed by atoms with E-state index in [0.717, 1.165) is 23.4 Å². The van der Waals surface area contributed by atoms with Gasteiger partial charge in [0, 0.05) is 11.9 Å². The molecule has 0 aliphatic rings. The van der Waals surface area contributed by atoms with Gasteiger partial charge in [-0.05, 0) is 53.6 Å². The molecule has 3 nitrogen and oxygen atoms in total. The Bertz CT molecular complexity index is 965. The summed E-state index contributed by atoms with van der Waals surface area (Å²) in [5.41, 5.74) is 2.10. The van der Waals surface area contributed by atoms with E-state index in [1.165, 1.54) is 12.1 Å². The Morgan fingerprint density at radius 2 is 1.75 bits per heavy atom. The molecule has 3 aromatic rings. The number of rotatable bonds is 5. The molecule has 0 spiro atoms. The van der Waals surface area contributed by atoms with Gasteiger partial charge in [0.15, 0.2) is 0 Å². The van der Waals surface area contributed by atoms with Crippen molar-refractivity contribution >= 4 is 23.7 Å². The van der Waals surface area contributed by atoms with Crippen LogP contribution in [0, 0.1) is 0 Å². The number of pyridine rings is 1. The fourth-order valence-corrected chi connectivity index (χ4v) is 2.58. The summed E-state index contributed by atoms with van der Waals surface area (Å²) in [5.74, 6) is -0.300. The first-order valence-corrected chi connectivity index (χ1v) is 8.55. The van der Waals surface area contributed by atoms with E-state index >= 15 is 0 Å². The second-order valence-electron chi connectivity index (χ2n) is 6.13. The van der Waals surface area contributed by atoms with Crippen molar-refractivity contribution < 1.29 is 18.0 Å². The quantitative estimate of drug-likeness (QED) is 0.637. The summed E-state index contributed by atoms with van der Waals surface area (Å²) in [6.07, 6.45) is 1.06. The van der Waals surface area contributed by atoms with Crippen molar-refractivity contribution in [3.8, 4) is 0 Å². The van der Waals surface area contributed by atoms with Gasteiger partial charge in [-0.25, -0.2) is 0 Å². The monoisotopic (exact) mass is 382 g/mol. The van der Waals surface area contributed by atoms with Crippen LogP contribution in [0.25, 0.3) is 12.2 Å². The molecule has 0 aliphatic carbocycles. The zero-order chi connectivity index (χ0) is 20.0. The minimum atomic E-state index is -4.38. The second kappa shape index (κ2) is 8.52. The van der Waals surface area contributed by atoms with Crippen molar-refractivity contribution in [1.82, 2.24) is 4.98 Å². The molecule has 3 rings (SSSR count). The predicted molar refractivity (Wildman–Crippen MR) is 103 cm³/mol. The van der Waals surface area contributed by atoms with Gasteiger partial charge in [0.05, 0.1) is 17.7 Å². The van der Waals surface area contributed by atoms with E-state index in [4.69, 9.17) is 0 Å². The van der Waals surface area contributed by atoms with E-state index < -0.39 is 11.7 Å². The number of hydrogen-bond donors (Lipinski definition) is 1. The number of aromatic nitrogens is 1. The first kappa shape index (κ1) is 19.4. The van der Waals surface area contributed by atoms with Gasteiger partial charge in [0.25, 0.3) is 0 Å². The normalized spacial score (nSPS) is 11.5. The number of benzene rings is 2. The van der Waals surface area contributed by atoms with Crippen molar-refractivity contribution in [1.29, 1.82) is 0 Å². The molecule has 0 aliphatic heterocycles. The molecule has 142 valence electrons. The Balaban J connectivity index is 1.62. The Hall–Kier alpha value is -3.41. The number of nitrogens with one attached hydrogen (secondary N) is 1. The molecule has 6 heteroatoms. The van der Waals surface area contributed by atoms with Gasteiger partial charge in [-0.3, -0.25) is 9.78 Å². The summed E-state index contributed by atoms with van der Waals surface area (Å²) in [5, 5.41) is 2.76. The van der Waals surface area contributed by atoms with Crippen LogP contribution in [0.2, 0.25) is 0 Å². The van der Waals surface area contributed by atoms with Crippen molar-refractivity contribution in [2.45, 2.75) is 12.6 Å². The van der Waals surface area contributed by atoms with Crippen LogP contribution in [0.3, 0.4) is 0 Å². The molecule has 0 saturated carbocycles. The van der Waals surface area contributed by atoms with E-state index in [1.807, 2.05) is 48.6 Å². The summed E-state index contributed by atoms with van der Waals surface area (Å²) in [4.78, 5) is 16.4. The molecular weight excluding hydrogens is 365 g/mol. The topological polar surface area (TPSA) is 42.0 Å². The van der Waals surface area contributed by atoms with Gasteiger partial charge in [0.1, 0.15) is 0 Å². The van der Waals surface area contributed by atoms with E-state index in [1.54, 1.807) is 12.3 Å². The molecular formula is C22H17F3N2O. The number of nitrogens with zero attached hydrogens (tertiary/aromatic N) is 1. The highest BCUT2D eigenvalue weighted by Crippen LogP contribution is 2.29. The third-order valence-electron chi connectivity index (χ3n) is 3.95. The number of halogens is 3. The summed E-state index contributed by atoms with van der Waals surface area (Å²) in [7, 11) is 0. The molecule has 0 bridgehead atoms. The lowest BCUT2D eigenvalue weighted by molar-refractivity contribution is -0.137. The van der Waals surface area contributed by atoms with Gasteiger partial charge >= 0.3 is 6.18 Å². The van der Waals surface area contributed by atoms with Gasteiger partial charge in [-0.1, -0.05) is 36.4 Å². The highest BCUT2D eigenvalue weighted by atomic mass is 19.4. The van der Waals surface area contributed by atoms with E-state index in [-0.39, 0.29) is 12.3 Å². The Morgan fingerprint density at radius 3 is 2.43 bits per heavy atom. The van der Waals surface area contributed by atoms with Crippen LogP contribution in [0.1, 0.15) is 22.4 Å². The van der Waals surface area contributed by atoms with Crippen LogP contribution in [0.5, 0.6) is 0 Å². The number of alkyl halides is 3. The molecule has 1 N–H and O–H groups in total. The van der Waals surface area contributed by atoms with Crippen molar-refractivity contribution in [3.05, 3.63) is 95.3 Å². The molecule has 0 unspecified atom stereocenters. The summed E-state index contributed by atoms with van der Waals surface area (Å²) in [6.45, 7) is 0. The fraction of sp³-hybridized carbons (Fsp3) is 0.0909. The maximum absolute atomic E-state index is 12.6. The second-order valence-corrected chi connectivity index (χ2v) is 6.13. The van der Waals surface area contributed by atoms with Gasteiger partial charge in [0.2, 0.25) is 5.91 Å². The van der Waals surface area contributed by atoms with Crippen molar-refractivity contribution in [2.75, 3.05) is 5.32 Å². The molecule has 2 aromatic carbocycles. The van der Waals surface area contributed by atoms with Crippen LogP contribution in [-0.2, 0) is 17.4 Å². The molecule has 0 saturated heterocycles. The maximum Gasteiger partial charge on any atom is 0.416 e.